The van der Waals surface area contributed by atoms with E-state index in [1.54, 1.807) is 25.1 Å². The van der Waals surface area contributed by atoms with Crippen molar-refractivity contribution in [3.05, 3.63) is 113 Å². The Hall–Kier alpha value is -5.01. The summed E-state index contributed by atoms with van der Waals surface area (Å²) in [4.78, 5) is 40.9. The van der Waals surface area contributed by atoms with Gasteiger partial charge in [0.1, 0.15) is 27.0 Å². The van der Waals surface area contributed by atoms with Crippen LogP contribution in [-0.2, 0) is 0 Å². The molecular formula is C27H18N4O5S. The van der Waals surface area contributed by atoms with Crippen molar-refractivity contribution in [1.82, 2.24) is 9.55 Å². The van der Waals surface area contributed by atoms with E-state index in [0.29, 0.717) is 22.3 Å². The normalized spacial score (nSPS) is 12.5. The number of hydrogen-bond donors (Lipinski definition) is 1. The molecule has 1 N–H and O–H groups in total. The maximum absolute atomic E-state index is 13.8. The molecule has 182 valence electrons. The number of Topliss-reactive ketones (excluding diaryl/α,β-unsaturated/α-hetero) is 1. The third-order valence-electron chi connectivity index (χ3n) is 5.92. The summed E-state index contributed by atoms with van der Waals surface area (Å²) in [5.74, 6) is -0.872. The van der Waals surface area contributed by atoms with Crippen molar-refractivity contribution in [2.24, 2.45) is 0 Å². The molecule has 0 bridgehead atoms. The number of aromatic amines is 1. The fourth-order valence-electron chi connectivity index (χ4n) is 4.22. The number of para-hydroxylation sites is 2. The Balaban J connectivity index is 1.84. The van der Waals surface area contributed by atoms with Gasteiger partial charge >= 0.3 is 5.88 Å². The lowest BCUT2D eigenvalue weighted by Crippen LogP contribution is -2.32. The van der Waals surface area contributed by atoms with Crippen molar-refractivity contribution >= 4 is 45.6 Å². The lowest BCUT2D eigenvalue weighted by atomic mass is 10.0. The molecule has 0 spiro atoms. The zero-order chi connectivity index (χ0) is 26.3. The van der Waals surface area contributed by atoms with Gasteiger partial charge in [0, 0.05) is 22.7 Å². The number of H-pyrrole nitrogens is 1. The van der Waals surface area contributed by atoms with Crippen LogP contribution in [0.25, 0.3) is 28.2 Å². The van der Waals surface area contributed by atoms with Crippen LogP contribution in [0.4, 0.5) is 5.88 Å². The summed E-state index contributed by atoms with van der Waals surface area (Å²) in [6.45, 7) is 3.58. The number of hydrogen-bond acceptors (Lipinski definition) is 7. The molecule has 9 nitrogen and oxygen atoms in total. The van der Waals surface area contributed by atoms with Crippen molar-refractivity contribution in [3.63, 3.8) is 0 Å². The van der Waals surface area contributed by atoms with Gasteiger partial charge in [0.05, 0.1) is 21.8 Å². The summed E-state index contributed by atoms with van der Waals surface area (Å²) < 4.78 is 6.85. The molecule has 0 saturated heterocycles. The Morgan fingerprint density at radius 2 is 1.86 bits per heavy atom. The summed E-state index contributed by atoms with van der Waals surface area (Å²) in [7, 11) is 0. The van der Waals surface area contributed by atoms with Crippen molar-refractivity contribution in [1.29, 1.82) is 5.26 Å². The van der Waals surface area contributed by atoms with E-state index >= 15 is 0 Å². The second-order valence-corrected chi connectivity index (χ2v) is 9.29. The van der Waals surface area contributed by atoms with Gasteiger partial charge in [0.2, 0.25) is 5.78 Å². The number of aromatic nitrogens is 2. The average Bonchev–Trinajstić information content (AvgIpc) is 3.56. The third-order valence-corrected chi connectivity index (χ3v) is 7.01. The number of carbonyl (C=O) groups excluding carboxylic acids is 1. The summed E-state index contributed by atoms with van der Waals surface area (Å²) in [5.41, 5.74) is 2.33. The Labute approximate surface area is 213 Å². The van der Waals surface area contributed by atoms with E-state index in [1.807, 2.05) is 43.3 Å². The van der Waals surface area contributed by atoms with Crippen LogP contribution in [-0.4, -0.2) is 20.3 Å². The minimum atomic E-state index is -0.674. The molecule has 0 aliphatic rings. The number of furan rings is 1. The fourth-order valence-corrected chi connectivity index (χ4v) is 5.30. The highest BCUT2D eigenvalue weighted by Crippen LogP contribution is 2.25. The van der Waals surface area contributed by atoms with Crippen molar-refractivity contribution < 1.29 is 14.1 Å². The minimum Gasteiger partial charge on any atom is -0.401 e. The quantitative estimate of drug-likeness (QED) is 0.217. The van der Waals surface area contributed by atoms with Gasteiger partial charge in [-0.05, 0) is 37.6 Å². The number of benzene rings is 2. The summed E-state index contributed by atoms with van der Waals surface area (Å²) in [6.07, 6.45) is 1.37. The Bertz CT molecular complexity index is 1950. The number of fused-ring (bicyclic) bond motifs is 1. The van der Waals surface area contributed by atoms with E-state index in [2.05, 4.69) is 4.98 Å². The van der Waals surface area contributed by atoms with Crippen LogP contribution in [0.15, 0.2) is 69.9 Å². The van der Waals surface area contributed by atoms with Crippen LogP contribution in [0.5, 0.6) is 0 Å². The highest BCUT2D eigenvalue weighted by atomic mass is 32.1. The Kier molecular flexibility index (Phi) is 5.91. The van der Waals surface area contributed by atoms with Gasteiger partial charge in [-0.25, -0.2) is 0 Å². The smallest absolute Gasteiger partial charge is 0.401 e. The minimum absolute atomic E-state index is 0.103. The number of nitrogens with one attached hydrogen (secondary N) is 1. The molecule has 3 heterocycles. The maximum Gasteiger partial charge on any atom is 0.433 e. The summed E-state index contributed by atoms with van der Waals surface area (Å²) in [6, 6.07) is 19.0. The van der Waals surface area contributed by atoms with Crippen LogP contribution >= 0.6 is 11.3 Å². The van der Waals surface area contributed by atoms with Gasteiger partial charge in [-0.15, -0.1) is 11.3 Å². The first kappa shape index (κ1) is 23.7. The number of ketones is 1. The van der Waals surface area contributed by atoms with Crippen molar-refractivity contribution in [2.45, 2.75) is 13.8 Å². The topological polar surface area (TPSA) is 135 Å². The van der Waals surface area contributed by atoms with Gasteiger partial charge in [0.25, 0.3) is 5.56 Å². The molecule has 3 aromatic heterocycles. The standard InChI is InChI=1S/C27H18N4O5S/c1-15-7-3-6-10-21(15)30-26(33)22(13-17-11-12-23(36-17)31(34)35)37-27(30)19(14-28)25(32)24-16(2)29-20-9-5-4-8-18(20)24/h3-13,29H,1-2H3/b22-13-,27-19+. The highest BCUT2D eigenvalue weighted by Gasteiger charge is 2.23. The summed E-state index contributed by atoms with van der Waals surface area (Å²) >= 11 is 0.946. The second-order valence-electron chi connectivity index (χ2n) is 8.26. The third kappa shape index (κ3) is 4.07. The van der Waals surface area contributed by atoms with Gasteiger partial charge in [-0.3, -0.25) is 24.3 Å². The number of nitrogens with zero attached hydrogens (tertiary/aromatic N) is 3. The number of rotatable bonds is 5. The van der Waals surface area contributed by atoms with E-state index < -0.39 is 22.2 Å². The van der Waals surface area contributed by atoms with Gasteiger partial charge < -0.3 is 9.40 Å². The molecular weight excluding hydrogens is 492 g/mol. The predicted octanol–water partition coefficient (Wildman–Crippen LogP) is 3.88. The molecule has 0 fully saturated rings. The highest BCUT2D eigenvalue weighted by molar-refractivity contribution is 7.07. The van der Waals surface area contributed by atoms with E-state index in [4.69, 9.17) is 4.42 Å². The van der Waals surface area contributed by atoms with Crippen LogP contribution in [0.2, 0.25) is 0 Å². The van der Waals surface area contributed by atoms with E-state index in [1.165, 1.54) is 22.8 Å². The number of thiazole rings is 1. The van der Waals surface area contributed by atoms with Crippen molar-refractivity contribution in [3.8, 4) is 11.8 Å². The number of aryl methyl sites for hydroxylation is 2. The zero-order valence-corrected chi connectivity index (χ0v) is 20.5. The van der Waals surface area contributed by atoms with Crippen LogP contribution in [0, 0.1) is 35.3 Å². The van der Waals surface area contributed by atoms with Crippen molar-refractivity contribution in [2.75, 3.05) is 0 Å². The molecule has 0 radical (unpaired) electrons. The molecule has 5 rings (SSSR count). The molecule has 0 amide bonds. The van der Waals surface area contributed by atoms with Crippen LogP contribution < -0.4 is 14.8 Å². The predicted molar refractivity (Wildman–Crippen MR) is 139 cm³/mol. The molecule has 2 aromatic carbocycles. The lowest BCUT2D eigenvalue weighted by Gasteiger charge is -2.07. The van der Waals surface area contributed by atoms with E-state index in [0.717, 1.165) is 22.4 Å². The van der Waals surface area contributed by atoms with Gasteiger partial charge in [0.15, 0.2) is 0 Å². The first-order valence-corrected chi connectivity index (χ1v) is 11.9. The molecule has 0 aliphatic heterocycles. The SMILES string of the molecule is Cc1ccccc1-n1c(=O)/c(=C/c2ccc([N+](=O)[O-])o2)s/c1=C(\C#N)C(=O)c1c(C)[nH]c2ccccc12. The van der Waals surface area contributed by atoms with Crippen LogP contribution in [0.1, 0.15) is 27.4 Å². The Morgan fingerprint density at radius 3 is 2.57 bits per heavy atom. The van der Waals surface area contributed by atoms with E-state index in [-0.39, 0.29) is 20.5 Å². The molecule has 0 unspecified atom stereocenters. The largest absolute Gasteiger partial charge is 0.433 e. The molecule has 0 aliphatic carbocycles. The molecule has 0 atom stereocenters. The number of carbonyl (C=O) groups is 1. The monoisotopic (exact) mass is 510 g/mol. The average molecular weight is 511 g/mol. The molecule has 37 heavy (non-hydrogen) atoms. The molecule has 0 saturated carbocycles. The first-order chi connectivity index (χ1) is 17.8. The first-order valence-electron chi connectivity index (χ1n) is 11.1. The summed E-state index contributed by atoms with van der Waals surface area (Å²) in [5, 5.41) is 21.9. The second kappa shape index (κ2) is 9.22. The maximum atomic E-state index is 13.8. The molecule has 10 heteroatoms. The van der Waals surface area contributed by atoms with E-state index in [9.17, 15) is 25.0 Å². The zero-order valence-electron chi connectivity index (χ0n) is 19.6. The van der Waals surface area contributed by atoms with Crippen LogP contribution in [0.3, 0.4) is 0 Å². The number of nitriles is 1. The molecule has 5 aromatic rings. The van der Waals surface area contributed by atoms with Gasteiger partial charge in [-0.1, -0.05) is 36.4 Å². The Morgan fingerprint density at radius 1 is 1.14 bits per heavy atom. The fraction of sp³-hybridized carbons (Fsp3) is 0.0741. The van der Waals surface area contributed by atoms with Gasteiger partial charge in [-0.2, -0.15) is 5.26 Å². The number of nitro groups is 1. The lowest BCUT2D eigenvalue weighted by molar-refractivity contribution is -0.402.